The zero-order valence-electron chi connectivity index (χ0n) is 32.8. The summed E-state index contributed by atoms with van der Waals surface area (Å²) in [6.45, 7) is 13.4. The van der Waals surface area contributed by atoms with Crippen LogP contribution in [0.2, 0.25) is 5.02 Å². The second-order valence-electron chi connectivity index (χ2n) is 17.4. The van der Waals surface area contributed by atoms with Gasteiger partial charge in [-0.05, 0) is 74.8 Å². The molecule has 300 valence electrons. The molecule has 1 amide bonds. The van der Waals surface area contributed by atoms with Crippen molar-refractivity contribution in [1.29, 1.82) is 0 Å². The number of halogens is 1. The summed E-state index contributed by atoms with van der Waals surface area (Å²) in [6, 6.07) is 4.58. The number of likely N-dealkylation sites (tertiary alicyclic amines) is 1. The number of aromatic nitrogens is 2. The third-order valence-corrected chi connectivity index (χ3v) is 12.4. The maximum atomic E-state index is 14.7. The van der Waals surface area contributed by atoms with Crippen LogP contribution in [-0.4, -0.2) is 81.5 Å². The first kappa shape index (κ1) is 39.6. The molecule has 2 aromatic heterocycles. The maximum Gasteiger partial charge on any atom is 0.310 e. The second-order valence-corrected chi connectivity index (χ2v) is 17.8. The molecule has 1 unspecified atom stereocenters. The van der Waals surface area contributed by atoms with Gasteiger partial charge in [0.2, 0.25) is 5.91 Å². The van der Waals surface area contributed by atoms with E-state index in [0.717, 1.165) is 12.8 Å². The first-order chi connectivity index (χ1) is 26.5. The average molecular weight is 791 g/mol. The zero-order chi connectivity index (χ0) is 40.3. The highest BCUT2D eigenvalue weighted by Crippen LogP contribution is 2.57. The molecular weight excluding hydrogens is 740 g/mol. The number of ether oxygens (including phenoxy) is 3. The molecule has 1 aromatic carbocycles. The molecule has 2 N–H and O–H groups in total. The van der Waals surface area contributed by atoms with Crippen molar-refractivity contribution >= 4 is 52.1 Å². The number of ketones is 1. The third-order valence-electron chi connectivity index (χ3n) is 12.0. The Labute approximate surface area is 331 Å². The van der Waals surface area contributed by atoms with Crippen molar-refractivity contribution in [2.45, 2.75) is 104 Å². The van der Waals surface area contributed by atoms with Gasteiger partial charge in [-0.15, -0.1) is 6.58 Å². The molecule has 7 rings (SSSR count). The number of nitrogens with one attached hydrogen (secondary N) is 1. The van der Waals surface area contributed by atoms with Crippen molar-refractivity contribution in [1.82, 2.24) is 14.9 Å². The minimum atomic E-state index is -1.27. The van der Waals surface area contributed by atoms with Crippen molar-refractivity contribution < 1.29 is 42.9 Å². The third kappa shape index (κ3) is 7.83. The summed E-state index contributed by atoms with van der Waals surface area (Å²) in [7, 11) is 1.51. The summed E-state index contributed by atoms with van der Waals surface area (Å²) in [4.78, 5) is 65.7. The minimum absolute atomic E-state index is 0.0171. The summed E-state index contributed by atoms with van der Waals surface area (Å²) >= 11 is 6.80. The van der Waals surface area contributed by atoms with E-state index in [-0.39, 0.29) is 60.6 Å². The summed E-state index contributed by atoms with van der Waals surface area (Å²) in [5.74, 6) is -1.38. The highest BCUT2D eigenvalue weighted by Gasteiger charge is 2.61. The zero-order valence-corrected chi connectivity index (χ0v) is 33.6. The smallest absolute Gasteiger partial charge is 0.310 e. The number of Topliss-reactive ketones (excluding diaryl/α,β-unsaturated/α-hetero) is 1. The molecule has 14 heteroatoms. The number of carboxylic acid groups (broad SMARTS) is 1. The number of carboxylic acids is 1. The normalized spacial score (nSPS) is 27.1. The molecule has 4 aliphatic rings. The molecule has 0 radical (unpaired) electrons. The number of hydrogen-bond acceptors (Lipinski definition) is 11. The first-order valence-corrected chi connectivity index (χ1v) is 19.8. The number of amides is 1. The van der Waals surface area contributed by atoms with Crippen LogP contribution in [0.3, 0.4) is 0 Å². The number of pyridine rings is 1. The van der Waals surface area contributed by atoms with Crippen LogP contribution in [0.15, 0.2) is 41.5 Å². The molecular formula is C42H51ClN4O9. The number of rotatable bonds is 15. The molecule has 3 heterocycles. The Morgan fingerprint density at radius 2 is 1.82 bits per heavy atom. The second kappa shape index (κ2) is 15.0. The van der Waals surface area contributed by atoms with Gasteiger partial charge in [-0.2, -0.15) is 4.98 Å². The Hall–Kier alpha value is -4.65. The van der Waals surface area contributed by atoms with Crippen LogP contribution in [-0.2, 0) is 23.9 Å². The summed E-state index contributed by atoms with van der Waals surface area (Å²) < 4.78 is 23.7. The Morgan fingerprint density at radius 1 is 1.09 bits per heavy atom. The van der Waals surface area contributed by atoms with E-state index in [1.165, 1.54) is 24.7 Å². The van der Waals surface area contributed by atoms with E-state index in [2.05, 4.69) is 16.9 Å². The van der Waals surface area contributed by atoms with Gasteiger partial charge in [-0.25, -0.2) is 4.98 Å². The number of aliphatic carboxylic acids is 1. The van der Waals surface area contributed by atoms with Crippen molar-refractivity contribution in [2.24, 2.45) is 34.5 Å². The fraction of sp³-hybridized carbons (Fsp3) is 0.571. The number of methoxy groups -OCH3 is 1. The number of fused-ring (bicyclic) bond motifs is 2. The van der Waals surface area contributed by atoms with Gasteiger partial charge in [0, 0.05) is 30.3 Å². The van der Waals surface area contributed by atoms with Gasteiger partial charge in [-0.3, -0.25) is 19.2 Å². The van der Waals surface area contributed by atoms with Gasteiger partial charge in [0.15, 0.2) is 5.78 Å². The molecule has 13 nitrogen and oxygen atoms in total. The Bertz CT molecular complexity index is 2050. The number of esters is 1. The number of anilines is 1. The van der Waals surface area contributed by atoms with Crippen molar-refractivity contribution in [3.63, 3.8) is 0 Å². The van der Waals surface area contributed by atoms with Gasteiger partial charge in [0.05, 0.1) is 48.7 Å². The lowest BCUT2D eigenvalue weighted by atomic mass is 9.77. The fourth-order valence-corrected chi connectivity index (χ4v) is 8.91. The molecule has 3 aliphatic carbocycles. The lowest BCUT2D eigenvalue weighted by molar-refractivity contribution is -0.157. The van der Waals surface area contributed by atoms with Crippen LogP contribution in [0.5, 0.6) is 11.5 Å². The molecule has 0 bridgehead atoms. The highest BCUT2D eigenvalue weighted by atomic mass is 35.5. The van der Waals surface area contributed by atoms with Crippen LogP contribution in [0.25, 0.3) is 22.3 Å². The van der Waals surface area contributed by atoms with E-state index < -0.39 is 40.8 Å². The maximum absolute atomic E-state index is 14.7. The largest absolute Gasteiger partial charge is 0.495 e. The Morgan fingerprint density at radius 3 is 2.45 bits per heavy atom. The van der Waals surface area contributed by atoms with Crippen molar-refractivity contribution in [3.8, 4) is 22.9 Å². The van der Waals surface area contributed by atoms with Crippen LogP contribution in [0.4, 0.5) is 6.01 Å². The number of oxazole rings is 1. The van der Waals surface area contributed by atoms with Gasteiger partial charge >= 0.3 is 11.9 Å². The topological polar surface area (TPSA) is 170 Å². The first-order valence-electron chi connectivity index (χ1n) is 19.5. The fourth-order valence-electron chi connectivity index (χ4n) is 8.63. The Kier molecular flexibility index (Phi) is 10.6. The predicted octanol–water partition coefficient (Wildman–Crippen LogP) is 7.35. The average Bonchev–Trinajstić information content (AvgIpc) is 3.80. The number of nitrogens with zero attached hydrogens (tertiary/aromatic N) is 3. The number of carbonyl (C=O) groups excluding carboxylic acids is 3. The Balaban J connectivity index is 1.20. The van der Waals surface area contributed by atoms with E-state index in [9.17, 15) is 24.3 Å². The lowest BCUT2D eigenvalue weighted by Crippen LogP contribution is -2.48. The van der Waals surface area contributed by atoms with E-state index in [1.807, 2.05) is 34.6 Å². The van der Waals surface area contributed by atoms with Crippen LogP contribution in [0, 0.1) is 34.5 Å². The van der Waals surface area contributed by atoms with Gasteiger partial charge in [-0.1, -0.05) is 38.4 Å². The molecule has 56 heavy (non-hydrogen) atoms. The summed E-state index contributed by atoms with van der Waals surface area (Å²) in [5, 5.41) is 14.1. The number of benzene rings is 1. The molecule has 0 spiro atoms. The van der Waals surface area contributed by atoms with Crippen LogP contribution < -0.4 is 14.8 Å². The van der Waals surface area contributed by atoms with E-state index in [4.69, 9.17) is 35.2 Å². The quantitative estimate of drug-likeness (QED) is 0.116. The van der Waals surface area contributed by atoms with E-state index in [1.54, 1.807) is 24.3 Å². The number of carbonyl (C=O) groups is 4. The van der Waals surface area contributed by atoms with Gasteiger partial charge in [0.25, 0.3) is 6.01 Å². The molecule has 1 aliphatic heterocycles. The number of hydrogen-bond donors (Lipinski definition) is 2. The van der Waals surface area contributed by atoms with E-state index in [0.29, 0.717) is 58.1 Å². The van der Waals surface area contributed by atoms with Crippen LogP contribution in [0.1, 0.15) is 79.6 Å². The SMILES string of the molecule is C=C[C@@H]1C[C@]1(CC(=O)[C@@H]1C[C@@H](Oc2cc(-c3coc(NC(C)C)n3)nc3c(Cl)c(OC)ccc23)CN1C(=O)[C@@H](CC(=O)OC1C[C@@H]2C[C@@H]2C1)C(C)(C)C)C(=O)O. The van der Waals surface area contributed by atoms with E-state index >= 15 is 0 Å². The standard InChI is InChI=1S/C42H51ClN4O9/c1-8-24-17-42(24,39(51)52)18-32(48)31-14-26(19-47(31)38(50)28(41(4,5)6)15-35(49)56-25-12-22-11-23(22)13-25)55-34-16-29(30-20-54-40(46-30)44-21(2)3)45-37-27(34)9-10-33(53-7)36(37)43/h8-10,16,20-26,28,31H,1,11-15,17-19H2,2-7H3,(H,44,46)(H,51,52)/t22-,23+,24-,25?,26-,28-,31+,42-/m1/s1. The minimum Gasteiger partial charge on any atom is -0.495 e. The van der Waals surface area contributed by atoms with Crippen molar-refractivity contribution in [3.05, 3.63) is 42.1 Å². The monoisotopic (exact) mass is 790 g/mol. The summed E-state index contributed by atoms with van der Waals surface area (Å²) in [6.07, 6.45) is 5.12. The predicted molar refractivity (Wildman–Crippen MR) is 208 cm³/mol. The lowest BCUT2D eigenvalue weighted by Gasteiger charge is -2.35. The van der Waals surface area contributed by atoms with Gasteiger partial charge < -0.3 is 34.0 Å². The highest BCUT2D eigenvalue weighted by molar-refractivity contribution is 6.36. The van der Waals surface area contributed by atoms with Gasteiger partial charge in [0.1, 0.15) is 40.7 Å². The molecule has 8 atom stereocenters. The number of allylic oxidation sites excluding steroid dienone is 1. The molecule has 4 fully saturated rings. The molecule has 3 aromatic rings. The molecule has 3 saturated carbocycles. The van der Waals surface area contributed by atoms with Crippen molar-refractivity contribution in [2.75, 3.05) is 19.0 Å². The van der Waals surface area contributed by atoms with Crippen LogP contribution >= 0.6 is 11.6 Å². The summed E-state index contributed by atoms with van der Waals surface area (Å²) in [5.41, 5.74) is -0.726. The molecule has 1 saturated heterocycles.